The van der Waals surface area contributed by atoms with E-state index in [0.717, 1.165) is 22.6 Å². The fourth-order valence-electron chi connectivity index (χ4n) is 1.33. The highest BCUT2D eigenvalue weighted by molar-refractivity contribution is 5.77. The lowest BCUT2D eigenvalue weighted by Gasteiger charge is -2.08. The highest BCUT2D eigenvalue weighted by Gasteiger charge is 2.04. The second kappa shape index (κ2) is 4.82. The second-order valence-corrected chi connectivity index (χ2v) is 3.44. The topological polar surface area (TPSA) is 30.8 Å². The van der Waals surface area contributed by atoms with Gasteiger partial charge in [0.25, 0.3) is 0 Å². The van der Waals surface area contributed by atoms with Crippen LogP contribution in [0.3, 0.4) is 0 Å². The summed E-state index contributed by atoms with van der Waals surface area (Å²) >= 11 is 0. The summed E-state index contributed by atoms with van der Waals surface area (Å²) in [4.78, 5) is 4.35. The largest absolute Gasteiger partial charge is 0.496 e. The van der Waals surface area contributed by atoms with Gasteiger partial charge in [0.15, 0.2) is 5.90 Å². The molecule has 0 fully saturated rings. The molecule has 1 aromatic carbocycles. The lowest BCUT2D eigenvalue weighted by Crippen LogP contribution is -1.94. The summed E-state index contributed by atoms with van der Waals surface area (Å²) in [5.74, 6) is 1.55. The Morgan fingerprint density at radius 3 is 2.33 bits per heavy atom. The van der Waals surface area contributed by atoms with Gasteiger partial charge in [0.1, 0.15) is 5.75 Å². The SMILES string of the molecule is CO/C(C)=N\c1cc(C)c(OC)cc1C. The number of aryl methyl sites for hydroxylation is 2. The Balaban J connectivity index is 3.16. The fraction of sp³-hybridized carbons (Fsp3) is 0.417. The molecule has 0 aliphatic heterocycles. The lowest BCUT2D eigenvalue weighted by atomic mass is 10.1. The molecule has 0 atom stereocenters. The first-order valence-electron chi connectivity index (χ1n) is 4.83. The van der Waals surface area contributed by atoms with E-state index in [2.05, 4.69) is 4.99 Å². The van der Waals surface area contributed by atoms with E-state index in [4.69, 9.17) is 9.47 Å². The summed E-state index contributed by atoms with van der Waals surface area (Å²) in [7, 11) is 3.29. The number of benzene rings is 1. The number of nitrogens with zero attached hydrogens (tertiary/aromatic N) is 1. The average molecular weight is 207 g/mol. The van der Waals surface area contributed by atoms with E-state index in [0.29, 0.717) is 5.90 Å². The Labute approximate surface area is 90.7 Å². The van der Waals surface area contributed by atoms with E-state index in [9.17, 15) is 0 Å². The Kier molecular flexibility index (Phi) is 3.72. The Morgan fingerprint density at radius 1 is 1.13 bits per heavy atom. The molecule has 0 saturated heterocycles. The molecule has 3 heteroatoms. The van der Waals surface area contributed by atoms with Gasteiger partial charge in [-0.2, -0.15) is 0 Å². The zero-order valence-electron chi connectivity index (χ0n) is 9.92. The van der Waals surface area contributed by atoms with Gasteiger partial charge in [0.05, 0.1) is 19.9 Å². The summed E-state index contributed by atoms with van der Waals surface area (Å²) in [6, 6.07) is 3.98. The van der Waals surface area contributed by atoms with Crippen molar-refractivity contribution in [3.8, 4) is 5.75 Å². The van der Waals surface area contributed by atoms with Gasteiger partial charge in [-0.3, -0.25) is 0 Å². The van der Waals surface area contributed by atoms with E-state index in [1.165, 1.54) is 0 Å². The number of ether oxygens (including phenoxy) is 2. The van der Waals surface area contributed by atoms with E-state index in [1.54, 1.807) is 14.2 Å². The van der Waals surface area contributed by atoms with Gasteiger partial charge in [-0.15, -0.1) is 0 Å². The van der Waals surface area contributed by atoms with Crippen LogP contribution >= 0.6 is 0 Å². The molecule has 0 aliphatic carbocycles. The van der Waals surface area contributed by atoms with Gasteiger partial charge in [0.2, 0.25) is 0 Å². The molecule has 15 heavy (non-hydrogen) atoms. The van der Waals surface area contributed by atoms with Crippen LogP contribution in [0.4, 0.5) is 5.69 Å². The minimum absolute atomic E-state index is 0.655. The predicted octanol–water partition coefficient (Wildman–Crippen LogP) is 3.01. The summed E-state index contributed by atoms with van der Waals surface area (Å²) in [5, 5.41) is 0. The monoisotopic (exact) mass is 207 g/mol. The highest BCUT2D eigenvalue weighted by Crippen LogP contribution is 2.27. The molecule has 0 aromatic heterocycles. The number of aliphatic imine (C=N–C) groups is 1. The van der Waals surface area contributed by atoms with Crippen LogP contribution in [0.2, 0.25) is 0 Å². The van der Waals surface area contributed by atoms with E-state index < -0.39 is 0 Å². The molecule has 0 spiro atoms. The molecule has 0 saturated carbocycles. The Morgan fingerprint density at radius 2 is 1.80 bits per heavy atom. The van der Waals surface area contributed by atoms with Crippen molar-refractivity contribution in [2.75, 3.05) is 14.2 Å². The van der Waals surface area contributed by atoms with Gasteiger partial charge < -0.3 is 9.47 Å². The first-order valence-corrected chi connectivity index (χ1v) is 4.83. The van der Waals surface area contributed by atoms with E-state index in [1.807, 2.05) is 32.9 Å². The molecule has 0 heterocycles. The van der Waals surface area contributed by atoms with Crippen LogP contribution in [0.25, 0.3) is 0 Å². The smallest absolute Gasteiger partial charge is 0.184 e. The number of methoxy groups -OCH3 is 2. The third kappa shape index (κ3) is 2.72. The third-order valence-corrected chi connectivity index (χ3v) is 2.29. The van der Waals surface area contributed by atoms with E-state index >= 15 is 0 Å². The minimum atomic E-state index is 0.655. The molecule has 3 nitrogen and oxygen atoms in total. The summed E-state index contributed by atoms with van der Waals surface area (Å²) in [6.45, 7) is 5.84. The first-order chi connectivity index (χ1) is 7.08. The van der Waals surface area contributed by atoms with Crippen LogP contribution in [0.5, 0.6) is 5.75 Å². The molecular weight excluding hydrogens is 190 g/mol. The summed E-state index contributed by atoms with van der Waals surface area (Å²) < 4.78 is 10.3. The third-order valence-electron chi connectivity index (χ3n) is 2.29. The van der Waals surface area contributed by atoms with Crippen LogP contribution in [0.1, 0.15) is 18.1 Å². The van der Waals surface area contributed by atoms with Crippen LogP contribution in [0, 0.1) is 13.8 Å². The fourth-order valence-corrected chi connectivity index (χ4v) is 1.33. The molecule has 1 rings (SSSR count). The van der Waals surface area contributed by atoms with Crippen molar-refractivity contribution in [3.05, 3.63) is 23.3 Å². The molecule has 0 unspecified atom stereocenters. The molecule has 0 N–H and O–H groups in total. The van der Waals surface area contributed by atoms with Crippen LogP contribution < -0.4 is 4.74 Å². The van der Waals surface area contributed by atoms with Gasteiger partial charge in [-0.25, -0.2) is 4.99 Å². The normalized spacial score (nSPS) is 11.4. The van der Waals surface area contributed by atoms with Crippen LogP contribution in [-0.4, -0.2) is 20.1 Å². The lowest BCUT2D eigenvalue weighted by molar-refractivity contribution is 0.400. The van der Waals surface area contributed by atoms with E-state index in [-0.39, 0.29) is 0 Å². The van der Waals surface area contributed by atoms with Crippen molar-refractivity contribution in [3.63, 3.8) is 0 Å². The van der Waals surface area contributed by atoms with Gasteiger partial charge in [-0.05, 0) is 37.1 Å². The zero-order chi connectivity index (χ0) is 11.4. The Bertz CT molecular complexity index is 383. The molecule has 1 aromatic rings. The highest BCUT2D eigenvalue weighted by atomic mass is 16.5. The van der Waals surface area contributed by atoms with Gasteiger partial charge in [0, 0.05) is 6.92 Å². The molecule has 0 radical (unpaired) electrons. The van der Waals surface area contributed by atoms with Crippen molar-refractivity contribution in [1.82, 2.24) is 0 Å². The average Bonchev–Trinajstić information content (AvgIpc) is 2.22. The maximum atomic E-state index is 5.23. The van der Waals surface area contributed by atoms with Crippen molar-refractivity contribution in [2.45, 2.75) is 20.8 Å². The quantitative estimate of drug-likeness (QED) is 0.551. The Hall–Kier alpha value is -1.51. The van der Waals surface area contributed by atoms with Crippen molar-refractivity contribution in [1.29, 1.82) is 0 Å². The van der Waals surface area contributed by atoms with Crippen molar-refractivity contribution in [2.24, 2.45) is 4.99 Å². The zero-order valence-corrected chi connectivity index (χ0v) is 9.92. The van der Waals surface area contributed by atoms with Crippen molar-refractivity contribution < 1.29 is 9.47 Å². The maximum Gasteiger partial charge on any atom is 0.184 e. The number of rotatable bonds is 2. The number of hydrogen-bond acceptors (Lipinski definition) is 3. The summed E-state index contributed by atoms with van der Waals surface area (Å²) in [6.07, 6.45) is 0. The van der Waals surface area contributed by atoms with Crippen LogP contribution in [0.15, 0.2) is 17.1 Å². The first kappa shape index (κ1) is 11.6. The van der Waals surface area contributed by atoms with Crippen molar-refractivity contribution >= 4 is 11.6 Å². The summed E-state index contributed by atoms with van der Waals surface area (Å²) in [5.41, 5.74) is 3.08. The minimum Gasteiger partial charge on any atom is -0.496 e. The standard InChI is InChI=1S/C12H17NO2/c1-8-7-12(15-5)9(2)6-11(8)13-10(3)14-4/h6-7H,1-5H3/b13-10-. The molecule has 0 amide bonds. The molecule has 0 bridgehead atoms. The molecule has 82 valence electrons. The molecule has 0 aliphatic rings. The maximum absolute atomic E-state index is 5.23. The number of hydrogen-bond donors (Lipinski definition) is 0. The van der Waals surface area contributed by atoms with Gasteiger partial charge in [-0.1, -0.05) is 0 Å². The predicted molar refractivity (Wildman–Crippen MR) is 62.2 cm³/mol. The molecular formula is C12H17NO2. The van der Waals surface area contributed by atoms with Gasteiger partial charge >= 0.3 is 0 Å². The van der Waals surface area contributed by atoms with Crippen LogP contribution in [-0.2, 0) is 4.74 Å². The second-order valence-electron chi connectivity index (χ2n) is 3.44.